The van der Waals surface area contributed by atoms with Crippen LogP contribution in [-0.2, 0) is 0 Å². The average Bonchev–Trinajstić information content (AvgIpc) is 2.46. The second-order valence-electron chi connectivity index (χ2n) is 3.13. The van der Waals surface area contributed by atoms with Gasteiger partial charge in [0.05, 0.1) is 12.4 Å². The summed E-state index contributed by atoms with van der Waals surface area (Å²) >= 11 is 0. The number of hydrogen-bond acceptors (Lipinski definition) is 3. The molecule has 1 unspecified atom stereocenters. The van der Waals surface area contributed by atoms with Crippen molar-refractivity contribution in [1.29, 1.82) is 0 Å². The molecule has 0 aliphatic carbocycles. The standard InChI is InChI=1S/C8H11N4/c1-6(2)8-10-7-5-9-3-4-12(7)11-8/h3-7H,1-2H3/q+1. The molecule has 0 aromatic carbocycles. The van der Waals surface area contributed by atoms with E-state index in [1.54, 1.807) is 12.4 Å². The molecule has 0 aromatic rings. The van der Waals surface area contributed by atoms with E-state index >= 15 is 0 Å². The van der Waals surface area contributed by atoms with E-state index < -0.39 is 0 Å². The quantitative estimate of drug-likeness (QED) is 0.524. The second kappa shape index (κ2) is 2.62. The fraction of sp³-hybridized carbons (Fsp3) is 0.500. The third-order valence-electron chi connectivity index (χ3n) is 1.79. The molecule has 2 heterocycles. The molecule has 0 fully saturated rings. The normalized spacial score (nSPS) is 25.8. The van der Waals surface area contributed by atoms with E-state index in [2.05, 4.69) is 28.9 Å². The van der Waals surface area contributed by atoms with Gasteiger partial charge in [-0.1, -0.05) is 18.5 Å². The van der Waals surface area contributed by atoms with Gasteiger partial charge in [-0.3, -0.25) is 4.99 Å². The highest BCUT2D eigenvalue weighted by atomic mass is 15.4. The maximum Gasteiger partial charge on any atom is 0.314 e. The Morgan fingerprint density at radius 2 is 2.33 bits per heavy atom. The van der Waals surface area contributed by atoms with Gasteiger partial charge in [0.25, 0.3) is 0 Å². The van der Waals surface area contributed by atoms with Crippen molar-refractivity contribution in [1.82, 2.24) is 0 Å². The predicted molar refractivity (Wildman–Crippen MR) is 46.4 cm³/mol. The summed E-state index contributed by atoms with van der Waals surface area (Å²) in [5.41, 5.74) is 0. The van der Waals surface area contributed by atoms with E-state index in [0.717, 1.165) is 5.84 Å². The lowest BCUT2D eigenvalue weighted by atomic mass is 10.2. The molecule has 0 bridgehead atoms. The van der Waals surface area contributed by atoms with E-state index in [-0.39, 0.29) is 6.17 Å². The lowest BCUT2D eigenvalue weighted by Crippen LogP contribution is -2.18. The fourth-order valence-electron chi connectivity index (χ4n) is 1.12. The number of amidine groups is 1. The molecule has 0 saturated heterocycles. The zero-order valence-corrected chi connectivity index (χ0v) is 7.18. The van der Waals surface area contributed by atoms with Crippen LogP contribution in [0.2, 0.25) is 0 Å². The van der Waals surface area contributed by atoms with Crippen molar-refractivity contribution >= 4 is 12.1 Å². The van der Waals surface area contributed by atoms with Crippen LogP contribution in [-0.4, -0.2) is 22.9 Å². The molecule has 0 amide bonds. The largest absolute Gasteiger partial charge is 0.314 e. The molecule has 2 rings (SSSR count). The van der Waals surface area contributed by atoms with Gasteiger partial charge in [-0.05, 0) is 0 Å². The van der Waals surface area contributed by atoms with E-state index in [1.807, 2.05) is 10.9 Å². The summed E-state index contributed by atoms with van der Waals surface area (Å²) in [5.74, 6) is 1.29. The minimum Gasteiger partial charge on any atom is -0.253 e. The van der Waals surface area contributed by atoms with E-state index in [1.165, 1.54) is 0 Å². The number of rotatable bonds is 1. The summed E-state index contributed by atoms with van der Waals surface area (Å²) in [4.78, 5) is 8.38. The molecule has 0 saturated carbocycles. The monoisotopic (exact) mass is 163 g/mol. The van der Waals surface area contributed by atoms with E-state index in [4.69, 9.17) is 0 Å². The van der Waals surface area contributed by atoms with E-state index in [9.17, 15) is 0 Å². The van der Waals surface area contributed by atoms with Gasteiger partial charge in [0.1, 0.15) is 0 Å². The Hall–Kier alpha value is -1.32. The van der Waals surface area contributed by atoms with Crippen LogP contribution in [0.15, 0.2) is 27.5 Å². The predicted octanol–water partition coefficient (Wildman–Crippen LogP) is 1.40. The van der Waals surface area contributed by atoms with Crippen molar-refractivity contribution in [2.24, 2.45) is 21.0 Å². The molecule has 4 heteroatoms. The highest BCUT2D eigenvalue weighted by Crippen LogP contribution is 2.12. The van der Waals surface area contributed by atoms with Gasteiger partial charge in [-0.25, -0.2) is 0 Å². The van der Waals surface area contributed by atoms with Gasteiger partial charge >= 0.3 is 6.17 Å². The molecule has 0 spiro atoms. The molecule has 0 N–H and O–H groups in total. The number of aliphatic imine (C=N–C) groups is 2. The Balaban J connectivity index is 2.29. The molecule has 2 aliphatic heterocycles. The van der Waals surface area contributed by atoms with Crippen LogP contribution in [0.5, 0.6) is 0 Å². The Kier molecular flexibility index (Phi) is 1.60. The summed E-state index contributed by atoms with van der Waals surface area (Å²) in [7, 11) is 0. The number of fused-ring (bicyclic) bond motifs is 1. The van der Waals surface area contributed by atoms with Crippen molar-refractivity contribution in [3.8, 4) is 0 Å². The molecule has 62 valence electrons. The molecule has 0 aromatic heterocycles. The third-order valence-corrected chi connectivity index (χ3v) is 1.79. The van der Waals surface area contributed by atoms with Crippen molar-refractivity contribution in [3.05, 3.63) is 12.4 Å². The van der Waals surface area contributed by atoms with Gasteiger partial charge in [-0.15, -0.1) is 0 Å². The van der Waals surface area contributed by atoms with Crippen LogP contribution in [0.4, 0.5) is 0 Å². The maximum absolute atomic E-state index is 4.38. The Labute approximate surface area is 71.0 Å². The molecule has 4 nitrogen and oxygen atoms in total. The Morgan fingerprint density at radius 1 is 1.50 bits per heavy atom. The van der Waals surface area contributed by atoms with Crippen molar-refractivity contribution in [2.75, 3.05) is 0 Å². The van der Waals surface area contributed by atoms with Gasteiger partial charge in [0.15, 0.2) is 5.84 Å². The Bertz CT molecular complexity index is 309. The summed E-state index contributed by atoms with van der Waals surface area (Å²) < 4.78 is 1.82. The van der Waals surface area contributed by atoms with Crippen LogP contribution in [0.25, 0.3) is 0 Å². The molecule has 1 atom stereocenters. The topological polar surface area (TPSA) is 40.1 Å². The van der Waals surface area contributed by atoms with Gasteiger partial charge in [-0.2, -0.15) is 4.99 Å². The van der Waals surface area contributed by atoms with Crippen molar-refractivity contribution < 1.29 is 4.70 Å². The molecular formula is C8H11N4+. The third kappa shape index (κ3) is 1.09. The highest BCUT2D eigenvalue weighted by molar-refractivity contribution is 5.86. The lowest BCUT2D eigenvalue weighted by Gasteiger charge is -1.95. The summed E-state index contributed by atoms with van der Waals surface area (Å²) in [6, 6.07) is 0. The lowest BCUT2D eigenvalue weighted by molar-refractivity contribution is -0.535. The van der Waals surface area contributed by atoms with Crippen LogP contribution in [0, 0.1) is 5.92 Å². The summed E-state index contributed by atoms with van der Waals surface area (Å²) in [6.45, 7) is 4.17. The first-order valence-corrected chi connectivity index (χ1v) is 4.05. The average molecular weight is 163 g/mol. The second-order valence-corrected chi connectivity index (χ2v) is 3.13. The van der Waals surface area contributed by atoms with Gasteiger partial charge in [0, 0.05) is 11.0 Å². The van der Waals surface area contributed by atoms with Crippen LogP contribution >= 0.6 is 0 Å². The molecule has 0 radical (unpaired) electrons. The van der Waals surface area contributed by atoms with Crippen LogP contribution in [0.3, 0.4) is 0 Å². The van der Waals surface area contributed by atoms with Crippen LogP contribution < -0.4 is 0 Å². The maximum atomic E-state index is 4.38. The van der Waals surface area contributed by atoms with Crippen LogP contribution in [0.1, 0.15) is 13.8 Å². The Morgan fingerprint density at radius 3 is 3.00 bits per heavy atom. The zero-order valence-electron chi connectivity index (χ0n) is 7.18. The van der Waals surface area contributed by atoms with Gasteiger partial charge < -0.3 is 0 Å². The number of hydrogen-bond donors (Lipinski definition) is 0. The highest BCUT2D eigenvalue weighted by Gasteiger charge is 2.29. The minimum absolute atomic E-state index is 0.00685. The number of azo groups is 2. The minimum atomic E-state index is 0.00685. The smallest absolute Gasteiger partial charge is 0.253 e. The molecule has 2 aliphatic rings. The summed E-state index contributed by atoms with van der Waals surface area (Å²) in [6.07, 6.45) is 5.36. The first kappa shape index (κ1) is 7.34. The summed E-state index contributed by atoms with van der Waals surface area (Å²) in [5, 5.41) is 4.31. The van der Waals surface area contributed by atoms with Crippen molar-refractivity contribution in [3.63, 3.8) is 0 Å². The SMILES string of the molecule is CC(C)C1=NC2C=NC=C[N+]2=N1. The fourth-order valence-corrected chi connectivity index (χ4v) is 1.12. The number of nitrogens with zero attached hydrogens (tertiary/aromatic N) is 4. The first-order valence-electron chi connectivity index (χ1n) is 4.05. The molecular weight excluding hydrogens is 152 g/mol. The van der Waals surface area contributed by atoms with Gasteiger partial charge in [0.2, 0.25) is 6.20 Å². The molecule has 12 heavy (non-hydrogen) atoms. The first-order chi connectivity index (χ1) is 5.77. The zero-order chi connectivity index (χ0) is 8.55. The van der Waals surface area contributed by atoms with E-state index in [0.29, 0.717) is 5.92 Å². The van der Waals surface area contributed by atoms with Crippen molar-refractivity contribution in [2.45, 2.75) is 20.0 Å².